The largest absolute Gasteiger partial charge is 0.443 e. The summed E-state index contributed by atoms with van der Waals surface area (Å²) >= 11 is 0. The molecule has 166 valence electrons. The third-order valence-corrected chi connectivity index (χ3v) is 5.61. The molecule has 0 aliphatic heterocycles. The Morgan fingerprint density at radius 1 is 0.647 bits per heavy atom. The summed E-state index contributed by atoms with van der Waals surface area (Å²) in [6, 6.07) is 41.8. The first-order valence-electron chi connectivity index (χ1n) is 11.2. The average molecular weight is 445 g/mol. The minimum absolute atomic E-state index is 0.192. The molecule has 1 amide bonds. The molecule has 0 saturated carbocycles. The number of amides is 1. The first-order chi connectivity index (χ1) is 16.8. The number of nitrogens with one attached hydrogen (secondary N) is 1. The van der Waals surface area contributed by atoms with E-state index in [1.807, 2.05) is 109 Å². The molecule has 0 saturated heterocycles. The van der Waals surface area contributed by atoms with Gasteiger partial charge in [0, 0.05) is 0 Å². The Hall–Kier alpha value is -4.57. The predicted molar refractivity (Wildman–Crippen MR) is 139 cm³/mol. The molecule has 0 unspecified atom stereocenters. The van der Waals surface area contributed by atoms with E-state index in [9.17, 15) is 4.79 Å². The van der Waals surface area contributed by atoms with Crippen molar-refractivity contribution in [3.05, 3.63) is 133 Å². The number of hydrogen-bond acceptors (Lipinski definition) is 3. The molecule has 4 heteroatoms. The van der Waals surface area contributed by atoms with Crippen LogP contribution >= 0.6 is 0 Å². The Labute approximate surface area is 199 Å². The molecule has 5 aromatic rings. The number of rotatable bonds is 6. The Morgan fingerprint density at radius 2 is 1.26 bits per heavy atom. The van der Waals surface area contributed by atoms with Crippen LogP contribution in [0.15, 0.2) is 127 Å². The van der Waals surface area contributed by atoms with Gasteiger partial charge in [0.2, 0.25) is 0 Å². The van der Waals surface area contributed by atoms with Crippen LogP contribution in [0.1, 0.15) is 5.56 Å². The Bertz CT molecular complexity index is 1380. The second-order valence-electron chi connectivity index (χ2n) is 7.96. The summed E-state index contributed by atoms with van der Waals surface area (Å²) in [5, 5.41) is 3.67. The van der Waals surface area contributed by atoms with E-state index >= 15 is 0 Å². The maximum Gasteiger partial charge on any atom is 0.433 e. The van der Waals surface area contributed by atoms with Gasteiger partial charge in [-0.25, -0.2) is 4.79 Å². The molecule has 0 radical (unpaired) electrons. The van der Waals surface area contributed by atoms with E-state index in [0.717, 1.165) is 33.2 Å². The van der Waals surface area contributed by atoms with Crippen molar-refractivity contribution in [1.29, 1.82) is 0 Å². The lowest BCUT2D eigenvalue weighted by Crippen LogP contribution is -2.36. The second kappa shape index (κ2) is 9.92. The van der Waals surface area contributed by atoms with Crippen molar-refractivity contribution < 1.29 is 9.53 Å². The second-order valence-corrected chi connectivity index (χ2v) is 7.96. The lowest BCUT2D eigenvalue weighted by Gasteiger charge is -2.24. The number of carbonyl (C=O) groups excluding carboxylic acids is 1. The van der Waals surface area contributed by atoms with Gasteiger partial charge in [-0.05, 0) is 51.7 Å². The van der Waals surface area contributed by atoms with Crippen LogP contribution < -0.4 is 10.4 Å². The summed E-state index contributed by atoms with van der Waals surface area (Å²) in [6.07, 6.45) is -0.482. The summed E-state index contributed by atoms with van der Waals surface area (Å²) in [5.41, 5.74) is 7.85. The van der Waals surface area contributed by atoms with Crippen LogP contribution in [0.3, 0.4) is 0 Å². The summed E-state index contributed by atoms with van der Waals surface area (Å²) in [5.74, 6) is 0. The van der Waals surface area contributed by atoms with Crippen molar-refractivity contribution in [2.24, 2.45) is 0 Å². The number of anilines is 2. The summed E-state index contributed by atoms with van der Waals surface area (Å²) in [7, 11) is 0. The zero-order valence-corrected chi connectivity index (χ0v) is 18.6. The van der Waals surface area contributed by atoms with Crippen LogP contribution in [0.2, 0.25) is 0 Å². The van der Waals surface area contributed by atoms with Gasteiger partial charge in [0.05, 0.1) is 11.4 Å². The molecule has 0 aliphatic carbocycles. The number of ether oxygens (including phenoxy) is 1. The maximum atomic E-state index is 13.2. The fourth-order valence-corrected chi connectivity index (χ4v) is 3.82. The van der Waals surface area contributed by atoms with Crippen LogP contribution in [0.25, 0.3) is 21.9 Å². The fraction of sp³-hybridized carbons (Fsp3) is 0.0333. The van der Waals surface area contributed by atoms with Crippen molar-refractivity contribution in [3.63, 3.8) is 0 Å². The maximum absolute atomic E-state index is 13.2. The smallest absolute Gasteiger partial charge is 0.433 e. The van der Waals surface area contributed by atoms with Gasteiger partial charge in [-0.3, -0.25) is 5.43 Å². The van der Waals surface area contributed by atoms with Crippen LogP contribution in [0.5, 0.6) is 0 Å². The van der Waals surface area contributed by atoms with Crippen LogP contribution in [-0.4, -0.2) is 6.09 Å². The van der Waals surface area contributed by atoms with Crippen molar-refractivity contribution in [3.8, 4) is 11.1 Å². The zero-order chi connectivity index (χ0) is 23.2. The topological polar surface area (TPSA) is 41.6 Å². The van der Waals surface area contributed by atoms with Crippen LogP contribution in [0.4, 0.5) is 16.2 Å². The minimum Gasteiger partial charge on any atom is -0.443 e. The molecule has 5 aromatic carbocycles. The van der Waals surface area contributed by atoms with Crippen molar-refractivity contribution in [2.75, 3.05) is 10.4 Å². The molecule has 0 bridgehead atoms. The van der Waals surface area contributed by atoms with Gasteiger partial charge < -0.3 is 4.74 Å². The molecular weight excluding hydrogens is 420 g/mol. The zero-order valence-electron chi connectivity index (χ0n) is 18.6. The normalized spacial score (nSPS) is 10.6. The Balaban J connectivity index is 1.42. The van der Waals surface area contributed by atoms with Gasteiger partial charge >= 0.3 is 6.09 Å². The highest BCUT2D eigenvalue weighted by atomic mass is 16.6. The van der Waals surface area contributed by atoms with Crippen LogP contribution in [0, 0.1) is 0 Å². The molecule has 34 heavy (non-hydrogen) atoms. The number of hydrogen-bond donors (Lipinski definition) is 1. The van der Waals surface area contributed by atoms with Gasteiger partial charge in [-0.15, -0.1) is 0 Å². The number of nitrogens with zero attached hydrogens (tertiary/aromatic N) is 1. The molecule has 5 rings (SSSR count). The Kier molecular flexibility index (Phi) is 6.21. The lowest BCUT2D eigenvalue weighted by molar-refractivity contribution is 0.148. The molecular formula is C30H24N2O2. The lowest BCUT2D eigenvalue weighted by atomic mass is 10.1. The van der Waals surface area contributed by atoms with Crippen molar-refractivity contribution in [1.82, 2.24) is 0 Å². The van der Waals surface area contributed by atoms with Gasteiger partial charge in [-0.2, -0.15) is 5.01 Å². The minimum atomic E-state index is -0.482. The summed E-state index contributed by atoms with van der Waals surface area (Å²) < 4.78 is 5.64. The summed E-state index contributed by atoms with van der Waals surface area (Å²) in [4.78, 5) is 13.2. The molecule has 1 N–H and O–H groups in total. The van der Waals surface area contributed by atoms with Gasteiger partial charge in [0.25, 0.3) is 0 Å². The highest BCUT2D eigenvalue weighted by Gasteiger charge is 2.18. The molecule has 0 atom stereocenters. The average Bonchev–Trinajstić information content (AvgIpc) is 2.91. The Morgan fingerprint density at radius 3 is 2.00 bits per heavy atom. The standard InChI is InChI=1S/C30H24N2O2/c33-30(34-22-23-9-3-1-4-10-23)32(31-28-18-15-25-13-7-8-14-27(25)21-28)29-19-16-26(17-20-29)24-11-5-2-6-12-24/h1-21,31H,22H2. The SMILES string of the molecule is O=C(OCc1ccccc1)N(Nc1ccc2ccccc2c1)c1ccc(-c2ccccc2)cc1. The van der Waals surface area contributed by atoms with Gasteiger partial charge in [0.1, 0.15) is 6.61 Å². The monoisotopic (exact) mass is 444 g/mol. The van der Waals surface area contributed by atoms with E-state index in [4.69, 9.17) is 4.74 Å². The highest BCUT2D eigenvalue weighted by molar-refractivity contribution is 5.92. The van der Waals surface area contributed by atoms with E-state index in [-0.39, 0.29) is 6.61 Å². The quantitative estimate of drug-likeness (QED) is 0.273. The first kappa shape index (κ1) is 21.3. The molecule has 0 heterocycles. The number of hydrazine groups is 1. The molecule has 0 spiro atoms. The molecule has 4 nitrogen and oxygen atoms in total. The third kappa shape index (κ3) is 4.92. The predicted octanol–water partition coefficient (Wildman–Crippen LogP) is 7.68. The van der Waals surface area contributed by atoms with Crippen molar-refractivity contribution >= 4 is 28.2 Å². The van der Waals surface area contributed by atoms with Gasteiger partial charge in [0.15, 0.2) is 0 Å². The van der Waals surface area contributed by atoms with E-state index in [1.165, 1.54) is 5.01 Å². The molecule has 0 fully saturated rings. The van der Waals surface area contributed by atoms with Crippen LogP contribution in [-0.2, 0) is 11.3 Å². The number of carbonyl (C=O) groups is 1. The summed E-state index contributed by atoms with van der Waals surface area (Å²) in [6.45, 7) is 0.192. The number of benzene rings is 5. The van der Waals surface area contributed by atoms with Crippen molar-refractivity contribution in [2.45, 2.75) is 6.61 Å². The third-order valence-electron chi connectivity index (χ3n) is 5.61. The van der Waals surface area contributed by atoms with E-state index in [1.54, 1.807) is 0 Å². The highest BCUT2D eigenvalue weighted by Crippen LogP contribution is 2.26. The van der Waals surface area contributed by atoms with Gasteiger partial charge in [-0.1, -0.05) is 103 Å². The molecule has 0 aliphatic rings. The van der Waals surface area contributed by atoms with E-state index in [2.05, 4.69) is 23.6 Å². The first-order valence-corrected chi connectivity index (χ1v) is 11.2. The van der Waals surface area contributed by atoms with E-state index < -0.39 is 6.09 Å². The molecule has 0 aromatic heterocycles. The fourth-order valence-electron chi connectivity index (χ4n) is 3.82. The van der Waals surface area contributed by atoms with E-state index in [0.29, 0.717) is 5.69 Å². The number of fused-ring (bicyclic) bond motifs is 1.